The summed E-state index contributed by atoms with van der Waals surface area (Å²) in [5, 5.41) is 13.7. The first-order valence-corrected chi connectivity index (χ1v) is 21.1. The van der Waals surface area contributed by atoms with Gasteiger partial charge in [-0.1, -0.05) is 63.4 Å². The van der Waals surface area contributed by atoms with E-state index in [-0.39, 0.29) is 31.6 Å². The van der Waals surface area contributed by atoms with Crippen molar-refractivity contribution in [3.63, 3.8) is 0 Å². The van der Waals surface area contributed by atoms with Crippen molar-refractivity contribution in [3.8, 4) is 0 Å². The van der Waals surface area contributed by atoms with Crippen LogP contribution in [0.15, 0.2) is 42.9 Å². The second-order valence-corrected chi connectivity index (χ2v) is 18.0. The monoisotopic (exact) mass is 853 g/mol. The third-order valence-electron chi connectivity index (χ3n) is 10.1. The van der Waals surface area contributed by atoms with Crippen LogP contribution in [0.1, 0.15) is 112 Å². The van der Waals surface area contributed by atoms with Gasteiger partial charge in [0.15, 0.2) is 0 Å². The third kappa shape index (κ3) is 17.2. The van der Waals surface area contributed by atoms with Crippen LogP contribution in [0.4, 0.5) is 4.79 Å². The Balaban J connectivity index is 1.90. The highest BCUT2D eigenvalue weighted by Crippen LogP contribution is 2.27. The molecule has 1 aliphatic carbocycles. The summed E-state index contributed by atoms with van der Waals surface area (Å²) < 4.78 is 17.6. The molecule has 17 nitrogen and oxygen atoms in total. The number of benzene rings is 1. The number of hydrogen-bond donors (Lipinski definition) is 5. The number of aryl methyl sites for hydroxylation is 1. The topological polar surface area (TPSA) is 225 Å². The number of methoxy groups -OCH3 is 1. The van der Waals surface area contributed by atoms with Gasteiger partial charge in [0.1, 0.15) is 41.4 Å². The zero-order valence-corrected chi connectivity index (χ0v) is 37.4. The van der Waals surface area contributed by atoms with Gasteiger partial charge in [0, 0.05) is 38.2 Å². The minimum absolute atomic E-state index is 0.0220. The molecule has 1 fully saturated rings. The first-order valence-electron chi connectivity index (χ1n) is 21.1. The van der Waals surface area contributed by atoms with Crippen molar-refractivity contribution in [2.75, 3.05) is 7.11 Å². The molecular weight excluding hydrogens is 787 g/mol. The van der Waals surface area contributed by atoms with Gasteiger partial charge in [0.05, 0.1) is 13.4 Å². The molecule has 5 amide bonds. The Bertz CT molecular complexity index is 1790. The molecule has 1 heterocycles. The normalized spacial score (nSPS) is 15.9. The molecule has 17 heteroatoms. The number of rotatable bonds is 19. The zero-order chi connectivity index (χ0) is 45.5. The molecule has 61 heavy (non-hydrogen) atoms. The smallest absolute Gasteiger partial charge is 0.408 e. The fourth-order valence-corrected chi connectivity index (χ4v) is 6.99. The Kier molecular flexibility index (Phi) is 18.8. The van der Waals surface area contributed by atoms with E-state index in [2.05, 4.69) is 31.6 Å². The van der Waals surface area contributed by atoms with Gasteiger partial charge in [-0.3, -0.25) is 24.0 Å². The Morgan fingerprint density at radius 2 is 1.34 bits per heavy atom. The van der Waals surface area contributed by atoms with Crippen LogP contribution in [0.25, 0.3) is 0 Å². The Labute approximate surface area is 359 Å². The molecule has 0 radical (unpaired) electrons. The molecule has 5 atom stereocenters. The van der Waals surface area contributed by atoms with Gasteiger partial charge in [0.25, 0.3) is 0 Å². The molecule has 0 spiro atoms. The van der Waals surface area contributed by atoms with Gasteiger partial charge in [-0.05, 0) is 78.2 Å². The SMILES string of the molecule is COC(=O)[C@H](Cc1ccccc1)NC(=O)[C@@H](NC(=O)[C@H](NC(=O)[C@@H](CCC(=O)OC(C)(C)C)NC(=O)[C@H](Cc1cncn1C)NC(=O)OC(C)(C)C)C(C)C)C1CCCCC1. The molecule has 3 rings (SSSR count). The van der Waals surface area contributed by atoms with E-state index in [4.69, 9.17) is 14.2 Å². The summed E-state index contributed by atoms with van der Waals surface area (Å²) in [7, 11) is 2.97. The molecular formula is C44H67N7O10. The standard InChI is InChI=1S/C44H67N7O10/c1-27(2)35(39(55)50-36(29-19-15-12-16-20-29)40(56)47-33(41(57)59-10)23-28-17-13-11-14-18-28)49-37(53)31(21-22-34(52)60-43(3,4)5)46-38(54)32(24-30-25-45-26-51(30)9)48-42(58)61-44(6,7)8/h11,13-14,17-18,25-27,29,31-33,35-36H,12,15-16,19-24H2,1-10H3,(H,46,54)(H,47,56)(H,48,58)(H,49,53)(H,50,55)/t31-,32+,33+,35-,36+/m1/s1. The number of amides is 5. The summed E-state index contributed by atoms with van der Waals surface area (Å²) in [5.41, 5.74) is -0.292. The number of esters is 2. The number of aromatic nitrogens is 2. The minimum atomic E-state index is -1.38. The molecule has 1 aliphatic rings. The minimum Gasteiger partial charge on any atom is -0.467 e. The van der Waals surface area contributed by atoms with Gasteiger partial charge < -0.3 is 45.4 Å². The number of imidazole rings is 1. The number of carbonyl (C=O) groups is 7. The van der Waals surface area contributed by atoms with E-state index >= 15 is 0 Å². The number of nitrogens with zero attached hydrogens (tertiary/aromatic N) is 2. The van der Waals surface area contributed by atoms with E-state index in [0.717, 1.165) is 24.8 Å². The first kappa shape index (κ1) is 49.9. The van der Waals surface area contributed by atoms with Crippen molar-refractivity contribution in [3.05, 3.63) is 54.1 Å². The van der Waals surface area contributed by atoms with Crippen molar-refractivity contribution in [2.24, 2.45) is 18.9 Å². The maximum Gasteiger partial charge on any atom is 0.408 e. The van der Waals surface area contributed by atoms with Crippen molar-refractivity contribution < 1.29 is 47.8 Å². The molecule has 1 saturated carbocycles. The number of carbonyl (C=O) groups excluding carboxylic acids is 7. The van der Waals surface area contributed by atoms with Crippen molar-refractivity contribution in [1.29, 1.82) is 0 Å². The Morgan fingerprint density at radius 3 is 1.90 bits per heavy atom. The van der Waals surface area contributed by atoms with Crippen LogP contribution in [0.5, 0.6) is 0 Å². The van der Waals surface area contributed by atoms with Crippen LogP contribution in [0.2, 0.25) is 0 Å². The van der Waals surface area contributed by atoms with Crippen molar-refractivity contribution in [2.45, 2.75) is 155 Å². The third-order valence-corrected chi connectivity index (χ3v) is 10.1. The lowest BCUT2D eigenvalue weighted by Crippen LogP contribution is -2.61. The van der Waals surface area contributed by atoms with Crippen LogP contribution in [-0.4, -0.2) is 99.7 Å². The summed E-state index contributed by atoms with van der Waals surface area (Å²) in [6.45, 7) is 13.6. The van der Waals surface area contributed by atoms with E-state index in [9.17, 15) is 33.6 Å². The van der Waals surface area contributed by atoms with Crippen LogP contribution < -0.4 is 26.6 Å². The Hall–Kier alpha value is -5.48. The molecule has 5 N–H and O–H groups in total. The van der Waals surface area contributed by atoms with Gasteiger partial charge in [-0.2, -0.15) is 0 Å². The summed E-state index contributed by atoms with van der Waals surface area (Å²) >= 11 is 0. The van der Waals surface area contributed by atoms with Crippen LogP contribution in [-0.2, 0) is 62.9 Å². The maximum atomic E-state index is 14.2. The molecule has 2 aromatic rings. The van der Waals surface area contributed by atoms with Gasteiger partial charge in [-0.25, -0.2) is 14.6 Å². The molecule has 0 unspecified atom stereocenters. The molecule has 1 aromatic carbocycles. The molecule has 338 valence electrons. The average molecular weight is 854 g/mol. The number of nitrogens with one attached hydrogen (secondary N) is 5. The number of hydrogen-bond acceptors (Lipinski definition) is 11. The lowest BCUT2D eigenvalue weighted by molar-refractivity contribution is -0.155. The predicted octanol–water partition coefficient (Wildman–Crippen LogP) is 3.57. The van der Waals surface area contributed by atoms with E-state index in [1.165, 1.54) is 19.6 Å². The van der Waals surface area contributed by atoms with Gasteiger partial charge in [0.2, 0.25) is 23.6 Å². The van der Waals surface area contributed by atoms with Gasteiger partial charge in [-0.15, -0.1) is 0 Å². The van der Waals surface area contributed by atoms with Crippen LogP contribution in [0.3, 0.4) is 0 Å². The van der Waals surface area contributed by atoms with E-state index in [1.807, 2.05) is 30.3 Å². The highest BCUT2D eigenvalue weighted by Gasteiger charge is 2.38. The highest BCUT2D eigenvalue weighted by molar-refractivity contribution is 5.96. The molecule has 0 aliphatic heterocycles. The second kappa shape index (κ2) is 22.9. The number of alkyl carbamates (subject to hydrolysis) is 1. The fraction of sp³-hybridized carbons (Fsp3) is 0.636. The van der Waals surface area contributed by atoms with Crippen molar-refractivity contribution >= 4 is 41.7 Å². The first-order chi connectivity index (χ1) is 28.6. The van der Waals surface area contributed by atoms with E-state index in [0.29, 0.717) is 18.5 Å². The quantitative estimate of drug-likeness (QED) is 0.101. The summed E-state index contributed by atoms with van der Waals surface area (Å²) in [5.74, 6) is -4.75. The summed E-state index contributed by atoms with van der Waals surface area (Å²) in [4.78, 5) is 99.3. The lowest BCUT2D eigenvalue weighted by Gasteiger charge is -2.33. The number of ether oxygens (including phenoxy) is 3. The zero-order valence-electron chi connectivity index (χ0n) is 37.4. The highest BCUT2D eigenvalue weighted by atomic mass is 16.6. The second-order valence-electron chi connectivity index (χ2n) is 18.0. The fourth-order valence-electron chi connectivity index (χ4n) is 6.99. The molecule has 0 bridgehead atoms. The molecule has 0 saturated heterocycles. The summed E-state index contributed by atoms with van der Waals surface area (Å²) in [6, 6.07) is 3.29. The van der Waals surface area contributed by atoms with E-state index < -0.39 is 89.0 Å². The van der Waals surface area contributed by atoms with Crippen LogP contribution >= 0.6 is 0 Å². The van der Waals surface area contributed by atoms with Gasteiger partial charge >= 0.3 is 18.0 Å². The van der Waals surface area contributed by atoms with Crippen molar-refractivity contribution in [1.82, 2.24) is 36.1 Å². The van der Waals surface area contributed by atoms with E-state index in [1.54, 1.807) is 67.0 Å². The lowest BCUT2D eigenvalue weighted by atomic mass is 9.83. The largest absolute Gasteiger partial charge is 0.467 e. The average Bonchev–Trinajstić information content (AvgIpc) is 3.58. The Morgan fingerprint density at radius 1 is 0.738 bits per heavy atom. The maximum absolute atomic E-state index is 14.2. The summed E-state index contributed by atoms with van der Waals surface area (Å²) in [6.07, 6.45) is 5.88. The van der Waals surface area contributed by atoms with Crippen LogP contribution in [0, 0.1) is 11.8 Å². The molecule has 1 aromatic heterocycles. The predicted molar refractivity (Wildman–Crippen MR) is 226 cm³/mol.